The number of benzene rings is 2. The lowest BCUT2D eigenvalue weighted by atomic mass is 10.0. The second-order valence-corrected chi connectivity index (χ2v) is 11.8. The van der Waals surface area contributed by atoms with Gasteiger partial charge >= 0.3 is 0 Å². The Kier molecular flexibility index (Phi) is 11.1. The third-order valence-electron chi connectivity index (χ3n) is 6.83. The SMILES string of the molecule is CNC[C@H]1OCCCC[C@H](C)Oc2ccc(NS(=O)(=O)c3ccc(F)cc3)cc2C(=O)N([C@@H](C)CO)C[C@H]1C. The van der Waals surface area contributed by atoms with Gasteiger partial charge in [-0.3, -0.25) is 9.52 Å². The summed E-state index contributed by atoms with van der Waals surface area (Å²) in [5, 5.41) is 13.1. The molecule has 3 rings (SSSR count). The number of amides is 1. The number of ether oxygens (including phenoxy) is 2. The molecule has 2 aromatic rings. The number of anilines is 1. The number of likely N-dealkylation sites (N-methyl/N-ethyl adjacent to an activating group) is 1. The molecule has 216 valence electrons. The van der Waals surface area contributed by atoms with Gasteiger partial charge in [0.1, 0.15) is 11.6 Å². The molecule has 0 radical (unpaired) electrons. The molecule has 3 N–H and O–H groups in total. The van der Waals surface area contributed by atoms with Crippen LogP contribution in [0.1, 0.15) is 50.4 Å². The zero-order valence-electron chi connectivity index (χ0n) is 23.0. The number of hydrogen-bond acceptors (Lipinski definition) is 7. The van der Waals surface area contributed by atoms with Gasteiger partial charge in [0.05, 0.1) is 35.3 Å². The van der Waals surface area contributed by atoms with E-state index in [1.54, 1.807) is 17.9 Å². The molecular formula is C28H40FN3O6S. The van der Waals surface area contributed by atoms with E-state index in [4.69, 9.17) is 9.47 Å². The number of aliphatic hydroxyl groups is 1. The van der Waals surface area contributed by atoms with Crippen LogP contribution in [-0.2, 0) is 14.8 Å². The Bertz CT molecular complexity index is 1190. The Hall–Kier alpha value is -2.73. The molecule has 0 bridgehead atoms. The van der Waals surface area contributed by atoms with Crippen LogP contribution in [0.4, 0.5) is 10.1 Å². The fraction of sp³-hybridized carbons (Fsp3) is 0.536. The number of hydrogen-bond donors (Lipinski definition) is 3. The third-order valence-corrected chi connectivity index (χ3v) is 8.23. The van der Waals surface area contributed by atoms with Gasteiger partial charge in [0.25, 0.3) is 15.9 Å². The number of sulfonamides is 1. The molecule has 0 spiro atoms. The second kappa shape index (κ2) is 14.1. The van der Waals surface area contributed by atoms with E-state index in [9.17, 15) is 22.7 Å². The minimum Gasteiger partial charge on any atom is -0.490 e. The quantitative estimate of drug-likeness (QED) is 0.469. The maximum atomic E-state index is 14.0. The minimum absolute atomic E-state index is 0.0539. The first-order chi connectivity index (χ1) is 18.6. The Balaban J connectivity index is 2.02. The average molecular weight is 566 g/mol. The van der Waals surface area contributed by atoms with Crippen molar-refractivity contribution >= 4 is 21.6 Å². The Morgan fingerprint density at radius 1 is 1.15 bits per heavy atom. The molecule has 0 aromatic heterocycles. The van der Waals surface area contributed by atoms with Gasteiger partial charge < -0.3 is 24.8 Å². The Labute approximate surface area is 230 Å². The standard InChI is InChI=1S/C28H40FN3O6S/c1-19-17-32(20(2)18-33)28(34)25-15-23(31-39(35,36)24-11-8-22(29)9-12-24)10-13-26(25)38-21(3)7-5-6-14-37-27(19)16-30-4/h8-13,15,19-21,27,30-31,33H,5-7,14,16-18H2,1-4H3/t19-,20+,21+,27-/m1/s1. The monoisotopic (exact) mass is 565 g/mol. The van der Waals surface area contributed by atoms with Gasteiger partial charge in [-0.25, -0.2) is 12.8 Å². The zero-order chi connectivity index (χ0) is 28.6. The van der Waals surface area contributed by atoms with Crippen LogP contribution in [0.2, 0.25) is 0 Å². The number of fused-ring (bicyclic) bond motifs is 1. The number of aliphatic hydroxyl groups excluding tert-OH is 1. The summed E-state index contributed by atoms with van der Waals surface area (Å²) in [4.78, 5) is 15.5. The van der Waals surface area contributed by atoms with Crippen LogP contribution in [0.5, 0.6) is 5.75 Å². The van der Waals surface area contributed by atoms with Crippen LogP contribution in [-0.4, -0.2) is 75.9 Å². The van der Waals surface area contributed by atoms with E-state index in [2.05, 4.69) is 10.0 Å². The average Bonchev–Trinajstić information content (AvgIpc) is 2.90. The lowest BCUT2D eigenvalue weighted by Crippen LogP contribution is -2.47. The van der Waals surface area contributed by atoms with Gasteiger partial charge in [-0.2, -0.15) is 0 Å². The molecule has 11 heteroatoms. The first-order valence-electron chi connectivity index (χ1n) is 13.3. The molecule has 1 amide bonds. The van der Waals surface area contributed by atoms with Crippen LogP contribution in [0.15, 0.2) is 47.4 Å². The van der Waals surface area contributed by atoms with Crippen molar-refractivity contribution in [2.45, 2.75) is 63.2 Å². The van der Waals surface area contributed by atoms with Crippen LogP contribution in [0, 0.1) is 11.7 Å². The summed E-state index contributed by atoms with van der Waals surface area (Å²) in [6, 6.07) is 8.52. The molecule has 1 heterocycles. The molecule has 1 aliphatic heterocycles. The molecule has 39 heavy (non-hydrogen) atoms. The van der Waals surface area contributed by atoms with Crippen molar-refractivity contribution in [2.24, 2.45) is 5.92 Å². The van der Waals surface area contributed by atoms with E-state index in [1.807, 2.05) is 20.9 Å². The van der Waals surface area contributed by atoms with Crippen LogP contribution < -0.4 is 14.8 Å². The van der Waals surface area contributed by atoms with E-state index in [-0.39, 0.29) is 40.9 Å². The van der Waals surface area contributed by atoms with Crippen molar-refractivity contribution in [3.8, 4) is 5.75 Å². The highest BCUT2D eigenvalue weighted by atomic mass is 32.2. The van der Waals surface area contributed by atoms with Crippen molar-refractivity contribution in [3.63, 3.8) is 0 Å². The summed E-state index contributed by atoms with van der Waals surface area (Å²) < 4.78 is 54.0. The summed E-state index contributed by atoms with van der Waals surface area (Å²) >= 11 is 0. The minimum atomic E-state index is -4.04. The largest absolute Gasteiger partial charge is 0.490 e. The molecule has 0 unspecified atom stereocenters. The van der Waals surface area contributed by atoms with Gasteiger partial charge in [0.15, 0.2) is 0 Å². The molecule has 1 aliphatic rings. The first-order valence-corrected chi connectivity index (χ1v) is 14.8. The molecule has 2 aromatic carbocycles. The molecule has 0 aliphatic carbocycles. The lowest BCUT2D eigenvalue weighted by Gasteiger charge is -2.34. The molecule has 0 saturated heterocycles. The summed E-state index contributed by atoms with van der Waals surface area (Å²) in [5.74, 6) is -0.664. The summed E-state index contributed by atoms with van der Waals surface area (Å²) in [7, 11) is -2.18. The maximum absolute atomic E-state index is 14.0. The number of rotatable bonds is 7. The van der Waals surface area contributed by atoms with E-state index >= 15 is 0 Å². The third kappa shape index (κ3) is 8.38. The van der Waals surface area contributed by atoms with Crippen LogP contribution in [0.25, 0.3) is 0 Å². The van der Waals surface area contributed by atoms with Crippen LogP contribution >= 0.6 is 0 Å². The Morgan fingerprint density at radius 2 is 1.87 bits per heavy atom. The van der Waals surface area contributed by atoms with E-state index in [0.29, 0.717) is 25.4 Å². The fourth-order valence-corrected chi connectivity index (χ4v) is 5.55. The van der Waals surface area contributed by atoms with Gasteiger partial charge in [-0.1, -0.05) is 6.92 Å². The number of carbonyl (C=O) groups is 1. The molecule has 9 nitrogen and oxygen atoms in total. The van der Waals surface area contributed by atoms with Crippen molar-refractivity contribution in [1.29, 1.82) is 0 Å². The summed E-state index contributed by atoms with van der Waals surface area (Å²) in [5.41, 5.74) is 0.335. The molecule has 0 fully saturated rings. The van der Waals surface area contributed by atoms with Gasteiger partial charge in [-0.15, -0.1) is 0 Å². The number of nitrogens with zero attached hydrogens (tertiary/aromatic N) is 1. The molecular weight excluding hydrogens is 525 g/mol. The van der Waals surface area contributed by atoms with E-state index in [0.717, 1.165) is 31.4 Å². The smallest absolute Gasteiger partial charge is 0.261 e. The van der Waals surface area contributed by atoms with E-state index < -0.39 is 27.8 Å². The summed E-state index contributed by atoms with van der Waals surface area (Å²) in [6.07, 6.45) is 2.17. The first kappa shape index (κ1) is 30.8. The van der Waals surface area contributed by atoms with Crippen molar-refractivity contribution in [1.82, 2.24) is 10.2 Å². The van der Waals surface area contributed by atoms with E-state index in [1.165, 1.54) is 24.3 Å². The van der Waals surface area contributed by atoms with Gasteiger partial charge in [0.2, 0.25) is 0 Å². The van der Waals surface area contributed by atoms with Crippen molar-refractivity contribution in [3.05, 3.63) is 53.8 Å². The lowest BCUT2D eigenvalue weighted by molar-refractivity contribution is -0.000450. The summed E-state index contributed by atoms with van der Waals surface area (Å²) in [6.45, 7) is 6.96. The zero-order valence-corrected chi connectivity index (χ0v) is 23.8. The topological polar surface area (TPSA) is 117 Å². The number of nitrogens with one attached hydrogen (secondary N) is 2. The maximum Gasteiger partial charge on any atom is 0.261 e. The highest BCUT2D eigenvalue weighted by Gasteiger charge is 2.30. The highest BCUT2D eigenvalue weighted by molar-refractivity contribution is 7.92. The fourth-order valence-electron chi connectivity index (χ4n) is 4.51. The highest BCUT2D eigenvalue weighted by Crippen LogP contribution is 2.29. The second-order valence-electron chi connectivity index (χ2n) is 10.1. The normalized spacial score (nSPS) is 22.4. The van der Waals surface area contributed by atoms with Gasteiger partial charge in [0, 0.05) is 31.3 Å². The van der Waals surface area contributed by atoms with Crippen LogP contribution in [0.3, 0.4) is 0 Å². The molecule has 0 saturated carbocycles. The Morgan fingerprint density at radius 3 is 2.54 bits per heavy atom. The van der Waals surface area contributed by atoms with Crippen molar-refractivity contribution < 1.29 is 32.2 Å². The molecule has 4 atom stereocenters. The van der Waals surface area contributed by atoms with Crippen molar-refractivity contribution in [2.75, 3.05) is 38.1 Å². The predicted molar refractivity (Wildman–Crippen MR) is 148 cm³/mol. The van der Waals surface area contributed by atoms with Gasteiger partial charge in [-0.05, 0) is 82.6 Å². The number of halogens is 1. The predicted octanol–water partition coefficient (Wildman–Crippen LogP) is 3.64. The number of carbonyl (C=O) groups excluding carboxylic acids is 1.